The molecule has 0 radical (unpaired) electrons. The maximum absolute atomic E-state index is 12.9. The third-order valence-corrected chi connectivity index (χ3v) is 4.88. The second-order valence-corrected chi connectivity index (χ2v) is 6.74. The molecular formula is C22H17N5O. The van der Waals surface area contributed by atoms with Gasteiger partial charge < -0.3 is 9.88 Å². The van der Waals surface area contributed by atoms with Gasteiger partial charge in [-0.25, -0.2) is 0 Å². The summed E-state index contributed by atoms with van der Waals surface area (Å²) < 4.78 is 1.93. The molecule has 0 atom stereocenters. The Labute approximate surface area is 160 Å². The molecule has 6 nitrogen and oxygen atoms in total. The minimum atomic E-state index is -0.187. The van der Waals surface area contributed by atoms with Crippen LogP contribution in [0.25, 0.3) is 33.1 Å². The molecule has 0 saturated carbocycles. The number of anilines is 1. The minimum absolute atomic E-state index is 0.187. The zero-order chi connectivity index (χ0) is 19.1. The molecule has 0 aliphatic rings. The van der Waals surface area contributed by atoms with E-state index in [1.807, 2.05) is 72.5 Å². The average Bonchev–Trinajstić information content (AvgIpc) is 3.32. The third-order valence-electron chi connectivity index (χ3n) is 4.88. The van der Waals surface area contributed by atoms with Crippen LogP contribution in [-0.2, 0) is 7.05 Å². The van der Waals surface area contributed by atoms with E-state index in [1.54, 1.807) is 6.20 Å². The molecule has 5 aromatic rings. The lowest BCUT2D eigenvalue weighted by molar-refractivity contribution is 0.102. The van der Waals surface area contributed by atoms with Gasteiger partial charge in [0.1, 0.15) is 5.52 Å². The number of amides is 1. The van der Waals surface area contributed by atoms with Crippen molar-refractivity contribution in [3.63, 3.8) is 0 Å². The summed E-state index contributed by atoms with van der Waals surface area (Å²) in [5.74, 6) is -0.187. The zero-order valence-electron chi connectivity index (χ0n) is 15.2. The first-order chi connectivity index (χ1) is 13.7. The highest BCUT2D eigenvalue weighted by Crippen LogP contribution is 2.26. The van der Waals surface area contributed by atoms with Gasteiger partial charge in [-0.2, -0.15) is 5.10 Å². The van der Waals surface area contributed by atoms with E-state index in [0.717, 1.165) is 33.2 Å². The summed E-state index contributed by atoms with van der Waals surface area (Å²) in [6.45, 7) is 0. The molecule has 28 heavy (non-hydrogen) atoms. The highest BCUT2D eigenvalue weighted by atomic mass is 16.1. The Morgan fingerprint density at radius 3 is 2.75 bits per heavy atom. The van der Waals surface area contributed by atoms with Crippen LogP contribution < -0.4 is 5.32 Å². The number of carbonyl (C=O) groups is 1. The molecular weight excluding hydrogens is 350 g/mol. The lowest BCUT2D eigenvalue weighted by Crippen LogP contribution is -2.11. The zero-order valence-corrected chi connectivity index (χ0v) is 15.2. The van der Waals surface area contributed by atoms with Crippen LogP contribution in [0.5, 0.6) is 0 Å². The average molecular weight is 367 g/mol. The Bertz CT molecular complexity index is 1320. The van der Waals surface area contributed by atoms with Crippen molar-refractivity contribution in [2.75, 3.05) is 5.32 Å². The van der Waals surface area contributed by atoms with Gasteiger partial charge in [0.05, 0.1) is 22.8 Å². The first kappa shape index (κ1) is 16.3. The van der Waals surface area contributed by atoms with E-state index < -0.39 is 0 Å². The Morgan fingerprint density at radius 1 is 1.04 bits per heavy atom. The van der Waals surface area contributed by atoms with Gasteiger partial charge in [0.2, 0.25) is 0 Å². The number of nitrogens with zero attached hydrogens (tertiary/aromatic N) is 3. The standard InChI is InChI=1S/C22H17N5O/c1-27-13-18(22(28)25-17-7-8-19-16(9-17)12-24-26-19)21-20(27)10-15(11-23-21)14-5-3-2-4-6-14/h2-13H,1H3,(H,24,26)(H,25,28). The van der Waals surface area contributed by atoms with E-state index in [9.17, 15) is 4.79 Å². The summed E-state index contributed by atoms with van der Waals surface area (Å²) in [4.78, 5) is 17.5. The maximum atomic E-state index is 12.9. The summed E-state index contributed by atoms with van der Waals surface area (Å²) in [7, 11) is 1.92. The lowest BCUT2D eigenvalue weighted by atomic mass is 10.1. The predicted octanol–water partition coefficient (Wildman–Crippen LogP) is 4.37. The summed E-state index contributed by atoms with van der Waals surface area (Å²) in [5, 5.41) is 10.8. The number of H-pyrrole nitrogens is 1. The van der Waals surface area contributed by atoms with Crippen LogP contribution in [0.3, 0.4) is 0 Å². The second-order valence-electron chi connectivity index (χ2n) is 6.74. The van der Waals surface area contributed by atoms with Crippen molar-refractivity contribution in [2.45, 2.75) is 0 Å². The Morgan fingerprint density at radius 2 is 1.89 bits per heavy atom. The first-order valence-electron chi connectivity index (χ1n) is 8.94. The SMILES string of the molecule is Cn1cc(C(=O)Nc2ccc3[nH]ncc3c2)c2ncc(-c3ccccc3)cc21. The van der Waals surface area contributed by atoms with Crippen molar-refractivity contribution < 1.29 is 4.79 Å². The van der Waals surface area contributed by atoms with Gasteiger partial charge in [0.25, 0.3) is 5.91 Å². The molecule has 6 heteroatoms. The summed E-state index contributed by atoms with van der Waals surface area (Å²) >= 11 is 0. The smallest absolute Gasteiger partial charge is 0.259 e. The van der Waals surface area contributed by atoms with E-state index in [1.165, 1.54) is 0 Å². The molecule has 0 aliphatic carbocycles. The van der Waals surface area contributed by atoms with Crippen LogP contribution in [-0.4, -0.2) is 25.7 Å². The molecule has 3 aromatic heterocycles. The van der Waals surface area contributed by atoms with E-state index in [0.29, 0.717) is 11.1 Å². The summed E-state index contributed by atoms with van der Waals surface area (Å²) in [6, 6.07) is 17.8. The number of hydrogen-bond acceptors (Lipinski definition) is 3. The number of aromatic nitrogens is 4. The minimum Gasteiger partial charge on any atom is -0.348 e. The van der Waals surface area contributed by atoms with Gasteiger partial charge in [-0.15, -0.1) is 0 Å². The molecule has 0 saturated heterocycles. The quantitative estimate of drug-likeness (QED) is 0.497. The van der Waals surface area contributed by atoms with Gasteiger partial charge in [-0.1, -0.05) is 30.3 Å². The predicted molar refractivity (Wildman–Crippen MR) is 110 cm³/mol. The van der Waals surface area contributed by atoms with Crippen LogP contribution in [0.1, 0.15) is 10.4 Å². The van der Waals surface area contributed by atoms with Crippen molar-refractivity contribution in [3.05, 3.63) is 78.8 Å². The van der Waals surface area contributed by atoms with Crippen molar-refractivity contribution in [3.8, 4) is 11.1 Å². The van der Waals surface area contributed by atoms with Crippen molar-refractivity contribution in [1.29, 1.82) is 0 Å². The normalized spacial score (nSPS) is 11.2. The number of aryl methyl sites for hydroxylation is 1. The molecule has 3 heterocycles. The first-order valence-corrected chi connectivity index (χ1v) is 8.94. The Kier molecular flexibility index (Phi) is 3.69. The number of nitrogens with one attached hydrogen (secondary N) is 2. The molecule has 2 aromatic carbocycles. The van der Waals surface area contributed by atoms with Crippen LogP contribution >= 0.6 is 0 Å². The summed E-state index contributed by atoms with van der Waals surface area (Å²) in [6.07, 6.45) is 5.36. The fourth-order valence-corrected chi connectivity index (χ4v) is 3.43. The van der Waals surface area contributed by atoms with Crippen molar-refractivity contribution >= 4 is 33.5 Å². The molecule has 136 valence electrons. The number of benzene rings is 2. The lowest BCUT2D eigenvalue weighted by Gasteiger charge is -2.05. The number of aromatic amines is 1. The third kappa shape index (κ3) is 2.72. The topological polar surface area (TPSA) is 75.6 Å². The molecule has 1 amide bonds. The molecule has 0 bridgehead atoms. The van der Waals surface area contributed by atoms with Gasteiger partial charge >= 0.3 is 0 Å². The number of rotatable bonds is 3. The van der Waals surface area contributed by atoms with E-state index in [2.05, 4.69) is 26.6 Å². The Hall–Kier alpha value is -3.93. The van der Waals surface area contributed by atoms with Crippen molar-refractivity contribution in [2.24, 2.45) is 7.05 Å². The van der Waals surface area contributed by atoms with Gasteiger partial charge in [-0.3, -0.25) is 14.9 Å². The molecule has 0 aliphatic heterocycles. The number of pyridine rings is 1. The molecule has 5 rings (SSSR count). The highest BCUT2D eigenvalue weighted by molar-refractivity contribution is 6.12. The number of hydrogen-bond donors (Lipinski definition) is 2. The monoisotopic (exact) mass is 367 g/mol. The molecule has 0 unspecified atom stereocenters. The fraction of sp³-hybridized carbons (Fsp3) is 0.0455. The van der Waals surface area contributed by atoms with E-state index in [4.69, 9.17) is 0 Å². The van der Waals surface area contributed by atoms with Gasteiger partial charge in [-0.05, 0) is 29.8 Å². The fourth-order valence-electron chi connectivity index (χ4n) is 3.43. The summed E-state index contributed by atoms with van der Waals surface area (Å²) in [5.41, 5.74) is 5.91. The molecule has 0 fully saturated rings. The van der Waals surface area contributed by atoms with E-state index in [-0.39, 0.29) is 5.91 Å². The van der Waals surface area contributed by atoms with Crippen LogP contribution in [0.4, 0.5) is 5.69 Å². The van der Waals surface area contributed by atoms with Gasteiger partial charge in [0, 0.05) is 36.1 Å². The van der Waals surface area contributed by atoms with E-state index >= 15 is 0 Å². The largest absolute Gasteiger partial charge is 0.348 e. The maximum Gasteiger partial charge on any atom is 0.259 e. The molecule has 2 N–H and O–H groups in total. The van der Waals surface area contributed by atoms with Crippen LogP contribution in [0.2, 0.25) is 0 Å². The van der Waals surface area contributed by atoms with Crippen LogP contribution in [0.15, 0.2) is 73.2 Å². The van der Waals surface area contributed by atoms with Crippen LogP contribution in [0, 0.1) is 0 Å². The Balaban J connectivity index is 1.50. The highest BCUT2D eigenvalue weighted by Gasteiger charge is 2.16. The van der Waals surface area contributed by atoms with Gasteiger partial charge in [0.15, 0.2) is 0 Å². The van der Waals surface area contributed by atoms with Crippen molar-refractivity contribution in [1.82, 2.24) is 19.7 Å². The number of carbonyl (C=O) groups excluding carboxylic acids is 1. The number of fused-ring (bicyclic) bond motifs is 2. The second kappa shape index (κ2) is 6.35. The molecule has 0 spiro atoms.